The molecule has 46 heavy (non-hydrogen) atoms. The molecule has 2 unspecified atom stereocenters. The molecule has 6 atom stereocenters. The summed E-state index contributed by atoms with van der Waals surface area (Å²) in [6.07, 6.45) is 8.63. The summed E-state index contributed by atoms with van der Waals surface area (Å²) in [6.45, 7) is 4.32. The predicted molar refractivity (Wildman–Crippen MR) is 174 cm³/mol. The SMILES string of the molecule is CCc1cccc2cc(O)cc(-c3ncc4c(N5CC6CCC(C5)N6)nc(OC[C@@]56C[C@@H](F)CN5[C@@H]5CCC[C@@H]5C6)nc4c3F)c12. The molecule has 2 bridgehead atoms. The van der Waals surface area contributed by atoms with Crippen LogP contribution in [0.2, 0.25) is 0 Å². The number of hydrogen-bond donors (Lipinski definition) is 2. The van der Waals surface area contributed by atoms with Crippen LogP contribution < -0.4 is 15.0 Å². The smallest absolute Gasteiger partial charge is 0.319 e. The van der Waals surface area contributed by atoms with E-state index in [9.17, 15) is 9.50 Å². The first-order chi connectivity index (χ1) is 22.4. The van der Waals surface area contributed by atoms with Crippen LogP contribution in [0.3, 0.4) is 0 Å². The number of phenols is 1. The molecule has 2 aromatic heterocycles. The number of benzene rings is 2. The van der Waals surface area contributed by atoms with E-state index in [1.807, 2.05) is 18.2 Å². The number of ether oxygens (including phenoxy) is 1. The summed E-state index contributed by atoms with van der Waals surface area (Å²) in [4.78, 5) is 18.9. The fraction of sp³-hybridized carbons (Fsp3) is 0.528. The second kappa shape index (κ2) is 10.7. The first-order valence-corrected chi connectivity index (χ1v) is 17.0. The van der Waals surface area contributed by atoms with Crippen molar-refractivity contribution in [1.29, 1.82) is 0 Å². The Morgan fingerprint density at radius 2 is 1.91 bits per heavy atom. The van der Waals surface area contributed by atoms with Gasteiger partial charge in [-0.2, -0.15) is 9.97 Å². The summed E-state index contributed by atoms with van der Waals surface area (Å²) >= 11 is 0. The van der Waals surface area contributed by atoms with Crippen LogP contribution in [0.4, 0.5) is 14.6 Å². The highest BCUT2D eigenvalue weighted by atomic mass is 19.1. The topological polar surface area (TPSA) is 86.6 Å². The Balaban J connectivity index is 1.16. The van der Waals surface area contributed by atoms with Crippen LogP contribution >= 0.6 is 0 Å². The van der Waals surface area contributed by atoms with Gasteiger partial charge in [-0.05, 0) is 72.9 Å². The number of halogens is 2. The predicted octanol–water partition coefficient (Wildman–Crippen LogP) is 5.93. The van der Waals surface area contributed by atoms with E-state index in [0.717, 1.165) is 61.5 Å². The van der Waals surface area contributed by atoms with Crippen molar-refractivity contribution in [2.75, 3.05) is 31.1 Å². The quantitative estimate of drug-likeness (QED) is 0.273. The van der Waals surface area contributed by atoms with Crippen molar-refractivity contribution < 1.29 is 18.6 Å². The summed E-state index contributed by atoms with van der Waals surface area (Å²) in [5, 5.41) is 16.5. The molecule has 4 aliphatic heterocycles. The molecule has 8 nitrogen and oxygen atoms in total. The van der Waals surface area contributed by atoms with Gasteiger partial charge in [0.05, 0.1) is 10.9 Å². The Bertz CT molecular complexity index is 1840. The zero-order chi connectivity index (χ0) is 31.2. The third-order valence-electron chi connectivity index (χ3n) is 11.6. The molecule has 1 saturated carbocycles. The molecule has 0 radical (unpaired) electrons. The molecule has 2 aromatic carbocycles. The number of phenolic OH excluding ortho intramolecular Hbond substituents is 1. The Labute approximate surface area is 267 Å². The van der Waals surface area contributed by atoms with Crippen LogP contribution in [0, 0.1) is 11.7 Å². The van der Waals surface area contributed by atoms with Crippen molar-refractivity contribution in [1.82, 2.24) is 25.2 Å². The number of rotatable bonds is 6. The van der Waals surface area contributed by atoms with E-state index in [-0.39, 0.29) is 35.1 Å². The largest absolute Gasteiger partial charge is 0.508 e. The minimum atomic E-state index is -0.870. The molecule has 2 N–H and O–H groups in total. The number of aryl methyl sites for hydroxylation is 1. The van der Waals surface area contributed by atoms with Crippen LogP contribution in [-0.2, 0) is 6.42 Å². The minimum Gasteiger partial charge on any atom is -0.508 e. The van der Waals surface area contributed by atoms with Gasteiger partial charge in [0.25, 0.3) is 0 Å². The number of aromatic hydroxyl groups is 1. The molecule has 5 fully saturated rings. The van der Waals surface area contributed by atoms with Gasteiger partial charge in [-0.1, -0.05) is 31.5 Å². The molecule has 0 amide bonds. The maximum atomic E-state index is 16.9. The monoisotopic (exact) mass is 626 g/mol. The number of pyridine rings is 1. The van der Waals surface area contributed by atoms with Crippen molar-refractivity contribution in [3.63, 3.8) is 0 Å². The maximum Gasteiger partial charge on any atom is 0.319 e. The summed E-state index contributed by atoms with van der Waals surface area (Å²) in [7, 11) is 0. The second-order valence-corrected chi connectivity index (χ2v) is 14.3. The van der Waals surface area contributed by atoms with Crippen LogP contribution in [-0.4, -0.2) is 81.0 Å². The molecular weight excluding hydrogens is 586 g/mol. The van der Waals surface area contributed by atoms with Crippen molar-refractivity contribution in [3.05, 3.63) is 47.9 Å². The summed E-state index contributed by atoms with van der Waals surface area (Å²) in [6, 6.07) is 10.4. The second-order valence-electron chi connectivity index (χ2n) is 14.3. The van der Waals surface area contributed by atoms with Crippen molar-refractivity contribution in [3.8, 4) is 23.0 Å². The molecular formula is C36H40F2N6O2. The van der Waals surface area contributed by atoms with E-state index < -0.39 is 12.0 Å². The van der Waals surface area contributed by atoms with Gasteiger partial charge in [0.2, 0.25) is 0 Å². The van der Waals surface area contributed by atoms with Gasteiger partial charge in [-0.15, -0.1) is 0 Å². The van der Waals surface area contributed by atoms with Gasteiger partial charge in [0, 0.05) is 55.9 Å². The lowest BCUT2D eigenvalue weighted by Crippen LogP contribution is -2.51. The summed E-state index contributed by atoms with van der Waals surface area (Å²) in [5.74, 6) is 0.686. The third-order valence-corrected chi connectivity index (χ3v) is 11.6. The number of alkyl halides is 1. The Morgan fingerprint density at radius 3 is 2.74 bits per heavy atom. The fourth-order valence-electron chi connectivity index (χ4n) is 9.70. The molecule has 4 aromatic rings. The molecule has 240 valence electrons. The lowest BCUT2D eigenvalue weighted by molar-refractivity contribution is 0.0832. The van der Waals surface area contributed by atoms with E-state index in [2.05, 4.69) is 27.0 Å². The molecule has 5 aliphatic rings. The fourth-order valence-corrected chi connectivity index (χ4v) is 9.70. The minimum absolute atomic E-state index is 0.0496. The number of nitrogens with zero attached hydrogens (tertiary/aromatic N) is 5. The van der Waals surface area contributed by atoms with Crippen molar-refractivity contribution >= 4 is 27.5 Å². The van der Waals surface area contributed by atoms with Gasteiger partial charge in [-0.25, -0.2) is 8.78 Å². The number of nitrogens with one attached hydrogen (secondary N) is 1. The highest BCUT2D eigenvalue weighted by Gasteiger charge is 2.58. The Morgan fingerprint density at radius 1 is 1.07 bits per heavy atom. The first kappa shape index (κ1) is 28.6. The number of hydrogen-bond acceptors (Lipinski definition) is 8. The molecule has 10 heteroatoms. The Hall–Kier alpha value is -3.63. The number of fused-ring (bicyclic) bond motifs is 7. The van der Waals surface area contributed by atoms with Gasteiger partial charge < -0.3 is 20.1 Å². The lowest BCUT2D eigenvalue weighted by Gasteiger charge is -2.35. The number of aromatic nitrogens is 3. The molecule has 0 spiro atoms. The number of anilines is 1. The van der Waals surface area contributed by atoms with Gasteiger partial charge in [-0.3, -0.25) is 9.88 Å². The van der Waals surface area contributed by atoms with Crippen LogP contribution in [0.15, 0.2) is 36.5 Å². The van der Waals surface area contributed by atoms with E-state index in [4.69, 9.17) is 14.7 Å². The van der Waals surface area contributed by atoms with Crippen molar-refractivity contribution in [2.45, 2.75) is 88.1 Å². The lowest BCUT2D eigenvalue weighted by atomic mass is 9.89. The molecule has 9 rings (SSSR count). The average molecular weight is 627 g/mol. The number of piperazine rings is 1. The van der Waals surface area contributed by atoms with Gasteiger partial charge in [0.15, 0.2) is 5.82 Å². The van der Waals surface area contributed by atoms with E-state index in [1.165, 1.54) is 12.8 Å². The zero-order valence-corrected chi connectivity index (χ0v) is 26.2. The van der Waals surface area contributed by atoms with Gasteiger partial charge >= 0.3 is 6.01 Å². The molecule has 4 saturated heterocycles. The zero-order valence-electron chi connectivity index (χ0n) is 26.2. The van der Waals surface area contributed by atoms with Crippen molar-refractivity contribution in [2.24, 2.45) is 5.92 Å². The molecule has 6 heterocycles. The summed E-state index contributed by atoms with van der Waals surface area (Å²) < 4.78 is 38.3. The van der Waals surface area contributed by atoms with E-state index in [1.54, 1.807) is 18.3 Å². The van der Waals surface area contributed by atoms with E-state index in [0.29, 0.717) is 53.8 Å². The average Bonchev–Trinajstić information content (AvgIpc) is 3.79. The highest BCUT2D eigenvalue weighted by molar-refractivity contribution is 6.01. The van der Waals surface area contributed by atoms with Gasteiger partial charge in [0.1, 0.15) is 35.6 Å². The Kier molecular flexibility index (Phi) is 6.65. The maximum absolute atomic E-state index is 16.9. The molecule has 1 aliphatic carbocycles. The third kappa shape index (κ3) is 4.47. The standard InChI is InChI=1S/C36H40F2N6O2/c1-2-20-5-3-6-21-11-26(45)12-27(30(20)21)32-31(38)33-28(15-39-32)34(43-17-24-9-10-25(18-43)40-24)42-35(41-33)46-19-36-13-22-7-4-8-29(22)44(36)16-23(37)14-36/h3,5-6,11-12,15,22-25,29,40,45H,2,4,7-10,13-14,16-19H2,1H3/t22-,23-,24?,25?,29-,36-/m1/s1. The van der Waals surface area contributed by atoms with Crippen LogP contribution in [0.25, 0.3) is 32.9 Å². The summed E-state index contributed by atoms with van der Waals surface area (Å²) in [5.41, 5.74) is 1.48. The van der Waals surface area contributed by atoms with Crippen LogP contribution in [0.1, 0.15) is 57.4 Å². The first-order valence-electron chi connectivity index (χ1n) is 17.0. The normalized spacial score (nSPS) is 30.4. The highest BCUT2D eigenvalue weighted by Crippen LogP contribution is 2.52. The van der Waals surface area contributed by atoms with E-state index >= 15 is 4.39 Å². The van der Waals surface area contributed by atoms with Crippen LogP contribution in [0.5, 0.6) is 11.8 Å².